The normalized spacial score (nSPS) is 10.6. The van der Waals surface area contributed by atoms with Crippen molar-refractivity contribution in [2.45, 2.75) is 20.4 Å². The van der Waals surface area contributed by atoms with Crippen LogP contribution in [0, 0.1) is 13.8 Å². The number of pyridine rings is 2. The number of rotatable bonds is 4. The molecule has 0 saturated carbocycles. The van der Waals surface area contributed by atoms with Crippen LogP contribution in [0.5, 0.6) is 0 Å². The van der Waals surface area contributed by atoms with Crippen LogP contribution in [-0.2, 0) is 6.54 Å². The van der Waals surface area contributed by atoms with Crippen molar-refractivity contribution in [3.05, 3.63) is 66.1 Å². The van der Waals surface area contributed by atoms with Gasteiger partial charge in [-0.3, -0.25) is 9.55 Å². The molecule has 0 aliphatic heterocycles. The smallest absolute Gasteiger partial charge is 0.161 e. The van der Waals surface area contributed by atoms with Crippen molar-refractivity contribution in [1.29, 1.82) is 0 Å². The van der Waals surface area contributed by atoms with Crippen LogP contribution in [0.1, 0.15) is 17.1 Å². The van der Waals surface area contributed by atoms with Gasteiger partial charge in [0.25, 0.3) is 0 Å². The molecule has 5 nitrogen and oxygen atoms in total. The van der Waals surface area contributed by atoms with Gasteiger partial charge in [0.2, 0.25) is 0 Å². The van der Waals surface area contributed by atoms with Crippen LogP contribution < -0.4 is 5.32 Å². The van der Waals surface area contributed by atoms with Crippen molar-refractivity contribution >= 4 is 5.69 Å². The molecule has 5 heteroatoms. The summed E-state index contributed by atoms with van der Waals surface area (Å²) in [5.74, 6) is 1.75. The van der Waals surface area contributed by atoms with Gasteiger partial charge in [0, 0.05) is 24.8 Å². The maximum absolute atomic E-state index is 4.45. The maximum atomic E-state index is 4.45. The summed E-state index contributed by atoms with van der Waals surface area (Å²) in [5.41, 5.74) is 3.12. The topological polar surface area (TPSA) is 55.6 Å². The van der Waals surface area contributed by atoms with E-state index in [2.05, 4.69) is 26.3 Å². The molecule has 0 aliphatic rings. The molecule has 0 bridgehead atoms. The third-order valence-corrected chi connectivity index (χ3v) is 3.27. The Hall–Kier alpha value is -2.69. The molecule has 0 unspecified atom stereocenters. The van der Waals surface area contributed by atoms with Crippen molar-refractivity contribution in [1.82, 2.24) is 19.5 Å². The highest BCUT2D eigenvalue weighted by molar-refractivity contribution is 5.57. The monoisotopic (exact) mass is 279 g/mol. The van der Waals surface area contributed by atoms with E-state index in [-0.39, 0.29) is 0 Å². The Morgan fingerprint density at radius 2 is 1.95 bits per heavy atom. The molecule has 3 rings (SSSR count). The molecule has 0 amide bonds. The number of hydrogen-bond acceptors (Lipinski definition) is 4. The van der Waals surface area contributed by atoms with Crippen LogP contribution in [0.4, 0.5) is 5.69 Å². The lowest BCUT2D eigenvalue weighted by Crippen LogP contribution is -2.07. The number of aromatic nitrogens is 4. The third-order valence-electron chi connectivity index (χ3n) is 3.27. The molecule has 0 saturated heterocycles. The fraction of sp³-hybridized carbons (Fsp3) is 0.188. The molecule has 3 heterocycles. The predicted octanol–water partition coefficient (Wildman–Crippen LogP) is 2.89. The SMILES string of the molecule is Cc1ccc(CNc2cccnc2-n2ccnc2C)nc1. The van der Waals surface area contributed by atoms with Gasteiger partial charge < -0.3 is 5.32 Å². The van der Waals surface area contributed by atoms with Crippen LogP contribution >= 0.6 is 0 Å². The first-order chi connectivity index (χ1) is 10.2. The minimum atomic E-state index is 0.659. The van der Waals surface area contributed by atoms with E-state index in [9.17, 15) is 0 Å². The summed E-state index contributed by atoms with van der Waals surface area (Å²) in [5, 5.41) is 3.39. The second kappa shape index (κ2) is 5.75. The van der Waals surface area contributed by atoms with E-state index in [1.807, 2.05) is 49.0 Å². The van der Waals surface area contributed by atoms with E-state index in [1.54, 1.807) is 12.4 Å². The average molecular weight is 279 g/mol. The number of imidazole rings is 1. The van der Waals surface area contributed by atoms with E-state index in [4.69, 9.17) is 0 Å². The highest BCUT2D eigenvalue weighted by Gasteiger charge is 2.07. The van der Waals surface area contributed by atoms with Crippen molar-refractivity contribution in [2.75, 3.05) is 5.32 Å². The Morgan fingerprint density at radius 3 is 2.67 bits per heavy atom. The fourth-order valence-electron chi connectivity index (χ4n) is 2.12. The summed E-state index contributed by atoms with van der Waals surface area (Å²) in [4.78, 5) is 13.1. The summed E-state index contributed by atoms with van der Waals surface area (Å²) >= 11 is 0. The molecule has 3 aromatic heterocycles. The molecule has 0 radical (unpaired) electrons. The largest absolute Gasteiger partial charge is 0.376 e. The lowest BCUT2D eigenvalue weighted by molar-refractivity contribution is 0.926. The molecule has 3 aromatic rings. The first kappa shape index (κ1) is 13.3. The highest BCUT2D eigenvalue weighted by Crippen LogP contribution is 2.19. The van der Waals surface area contributed by atoms with E-state index in [0.717, 1.165) is 28.6 Å². The summed E-state index contributed by atoms with van der Waals surface area (Å²) in [6, 6.07) is 8.02. The minimum Gasteiger partial charge on any atom is -0.376 e. The zero-order chi connectivity index (χ0) is 14.7. The molecule has 0 atom stereocenters. The van der Waals surface area contributed by atoms with Gasteiger partial charge in [-0.25, -0.2) is 9.97 Å². The van der Waals surface area contributed by atoms with E-state index >= 15 is 0 Å². The zero-order valence-corrected chi connectivity index (χ0v) is 12.1. The number of nitrogens with one attached hydrogen (secondary N) is 1. The molecule has 0 spiro atoms. The molecule has 1 N–H and O–H groups in total. The maximum Gasteiger partial charge on any atom is 0.161 e. The third kappa shape index (κ3) is 2.91. The number of anilines is 1. The number of nitrogens with zero attached hydrogens (tertiary/aromatic N) is 4. The van der Waals surface area contributed by atoms with Crippen LogP contribution in [0.15, 0.2) is 49.1 Å². The first-order valence-electron chi connectivity index (χ1n) is 6.85. The number of hydrogen-bond donors (Lipinski definition) is 1. The molecular weight excluding hydrogens is 262 g/mol. The molecule has 0 aliphatic carbocycles. The summed E-state index contributed by atoms with van der Waals surface area (Å²) in [6.07, 6.45) is 7.34. The minimum absolute atomic E-state index is 0.659. The molecule has 0 aromatic carbocycles. The van der Waals surface area contributed by atoms with Gasteiger partial charge >= 0.3 is 0 Å². The Labute approximate surface area is 123 Å². The average Bonchev–Trinajstić information content (AvgIpc) is 2.93. The second-order valence-electron chi connectivity index (χ2n) is 4.90. The number of aryl methyl sites for hydroxylation is 2. The van der Waals surface area contributed by atoms with E-state index < -0.39 is 0 Å². The molecule has 106 valence electrons. The second-order valence-corrected chi connectivity index (χ2v) is 4.90. The van der Waals surface area contributed by atoms with Crippen molar-refractivity contribution in [3.63, 3.8) is 0 Å². The lowest BCUT2D eigenvalue weighted by Gasteiger charge is -2.12. The summed E-state index contributed by atoms with van der Waals surface area (Å²) in [6.45, 7) is 4.65. The fourth-order valence-corrected chi connectivity index (χ4v) is 2.12. The quantitative estimate of drug-likeness (QED) is 0.798. The first-order valence-corrected chi connectivity index (χ1v) is 6.85. The van der Waals surface area contributed by atoms with Gasteiger partial charge in [0.05, 0.1) is 17.9 Å². The van der Waals surface area contributed by atoms with Gasteiger partial charge in [-0.05, 0) is 37.6 Å². The Balaban J connectivity index is 1.83. The van der Waals surface area contributed by atoms with Gasteiger partial charge in [-0.15, -0.1) is 0 Å². The predicted molar refractivity (Wildman–Crippen MR) is 82.4 cm³/mol. The Morgan fingerprint density at radius 1 is 1.05 bits per heavy atom. The van der Waals surface area contributed by atoms with E-state index in [1.165, 1.54) is 0 Å². The zero-order valence-electron chi connectivity index (χ0n) is 12.1. The van der Waals surface area contributed by atoms with Gasteiger partial charge in [-0.2, -0.15) is 0 Å². The van der Waals surface area contributed by atoms with Crippen LogP contribution in [0.2, 0.25) is 0 Å². The van der Waals surface area contributed by atoms with Crippen molar-refractivity contribution in [2.24, 2.45) is 0 Å². The van der Waals surface area contributed by atoms with Crippen molar-refractivity contribution in [3.8, 4) is 5.82 Å². The van der Waals surface area contributed by atoms with E-state index in [0.29, 0.717) is 6.54 Å². The van der Waals surface area contributed by atoms with Gasteiger partial charge in [0.1, 0.15) is 5.82 Å². The van der Waals surface area contributed by atoms with Gasteiger partial charge in [-0.1, -0.05) is 6.07 Å². The van der Waals surface area contributed by atoms with Gasteiger partial charge in [0.15, 0.2) is 5.82 Å². The Kier molecular flexibility index (Phi) is 3.64. The summed E-state index contributed by atoms with van der Waals surface area (Å²) in [7, 11) is 0. The highest BCUT2D eigenvalue weighted by atomic mass is 15.1. The molecule has 0 fully saturated rings. The lowest BCUT2D eigenvalue weighted by atomic mass is 10.2. The van der Waals surface area contributed by atoms with Crippen LogP contribution in [0.3, 0.4) is 0 Å². The van der Waals surface area contributed by atoms with Crippen molar-refractivity contribution < 1.29 is 0 Å². The van der Waals surface area contributed by atoms with Crippen LogP contribution in [-0.4, -0.2) is 19.5 Å². The summed E-state index contributed by atoms with van der Waals surface area (Å²) < 4.78 is 1.96. The van der Waals surface area contributed by atoms with Crippen LogP contribution in [0.25, 0.3) is 5.82 Å². The molecule has 21 heavy (non-hydrogen) atoms. The molecular formula is C16H17N5. The Bertz CT molecular complexity index is 730. The standard InChI is InChI=1S/C16H17N5/c1-12-5-6-14(19-10-12)11-20-15-4-3-7-18-16(15)21-9-8-17-13(21)2/h3-10,20H,11H2,1-2H3.